The number of anilines is 1. The first-order valence-corrected chi connectivity index (χ1v) is 6.87. The van der Waals surface area contributed by atoms with E-state index in [1.807, 2.05) is 31.2 Å². The Bertz CT molecular complexity index is 555. The summed E-state index contributed by atoms with van der Waals surface area (Å²) in [5, 5.41) is 6.12. The summed E-state index contributed by atoms with van der Waals surface area (Å²) in [6.45, 7) is 1.95. The molecule has 0 saturated heterocycles. The second-order valence-corrected chi connectivity index (χ2v) is 5.00. The molecule has 2 aromatic rings. The van der Waals surface area contributed by atoms with E-state index in [-0.39, 0.29) is 12.1 Å². The second kappa shape index (κ2) is 7.01. The fourth-order valence-corrected chi connectivity index (χ4v) is 2.01. The van der Waals surface area contributed by atoms with Crippen LogP contribution in [-0.2, 0) is 6.42 Å². The molecule has 1 unspecified atom stereocenters. The van der Waals surface area contributed by atoms with Gasteiger partial charge in [0.25, 0.3) is 0 Å². The standard InChI is InChI=1S/C15H17ClN2O2/c1-11(8-9-12-5-4-10-20-12)17-15(19)18-14-7-3-2-6-13(14)16/h2-7,10-11H,8-9H2,1H3,(H2,17,18,19). The number of benzene rings is 1. The summed E-state index contributed by atoms with van der Waals surface area (Å²) in [6.07, 6.45) is 3.25. The monoisotopic (exact) mass is 292 g/mol. The molecule has 0 fully saturated rings. The predicted molar refractivity (Wildman–Crippen MR) is 80.1 cm³/mol. The van der Waals surface area contributed by atoms with Crippen LogP contribution in [0.15, 0.2) is 47.1 Å². The smallest absolute Gasteiger partial charge is 0.319 e. The summed E-state index contributed by atoms with van der Waals surface area (Å²) in [5.74, 6) is 0.921. The van der Waals surface area contributed by atoms with Gasteiger partial charge in [-0.05, 0) is 37.6 Å². The maximum absolute atomic E-state index is 11.8. The average molecular weight is 293 g/mol. The van der Waals surface area contributed by atoms with E-state index in [1.54, 1.807) is 18.4 Å². The molecule has 0 aliphatic carbocycles. The summed E-state index contributed by atoms with van der Waals surface area (Å²) in [6, 6.07) is 10.7. The molecule has 1 aromatic carbocycles. The summed E-state index contributed by atoms with van der Waals surface area (Å²) >= 11 is 5.98. The fourth-order valence-electron chi connectivity index (χ4n) is 1.83. The van der Waals surface area contributed by atoms with Crippen LogP contribution in [0.5, 0.6) is 0 Å². The van der Waals surface area contributed by atoms with E-state index in [1.165, 1.54) is 0 Å². The van der Waals surface area contributed by atoms with Crippen LogP contribution in [0.1, 0.15) is 19.1 Å². The molecular formula is C15H17ClN2O2. The van der Waals surface area contributed by atoms with Gasteiger partial charge in [0.2, 0.25) is 0 Å². The highest BCUT2D eigenvalue weighted by Gasteiger charge is 2.09. The SMILES string of the molecule is CC(CCc1ccco1)NC(=O)Nc1ccccc1Cl. The first kappa shape index (κ1) is 14.5. The third-order valence-corrected chi connectivity index (χ3v) is 3.23. The van der Waals surface area contributed by atoms with Gasteiger partial charge in [-0.25, -0.2) is 4.79 Å². The van der Waals surface area contributed by atoms with Crippen molar-refractivity contribution in [3.8, 4) is 0 Å². The largest absolute Gasteiger partial charge is 0.469 e. The highest BCUT2D eigenvalue weighted by atomic mass is 35.5. The van der Waals surface area contributed by atoms with Crippen molar-refractivity contribution < 1.29 is 9.21 Å². The van der Waals surface area contributed by atoms with E-state index in [0.717, 1.165) is 18.6 Å². The first-order valence-electron chi connectivity index (χ1n) is 6.49. The van der Waals surface area contributed by atoms with E-state index >= 15 is 0 Å². The quantitative estimate of drug-likeness (QED) is 0.872. The number of carbonyl (C=O) groups excluding carboxylic acids is 1. The molecule has 4 nitrogen and oxygen atoms in total. The van der Waals surface area contributed by atoms with Crippen molar-refractivity contribution in [2.24, 2.45) is 0 Å². The van der Waals surface area contributed by atoms with Gasteiger partial charge in [-0.1, -0.05) is 23.7 Å². The van der Waals surface area contributed by atoms with Gasteiger partial charge in [0, 0.05) is 12.5 Å². The van der Waals surface area contributed by atoms with Crippen molar-refractivity contribution in [3.63, 3.8) is 0 Å². The maximum atomic E-state index is 11.8. The van der Waals surface area contributed by atoms with Crippen LogP contribution in [0.4, 0.5) is 10.5 Å². The Morgan fingerprint density at radius 3 is 2.80 bits per heavy atom. The van der Waals surface area contributed by atoms with E-state index in [2.05, 4.69) is 10.6 Å². The number of aryl methyl sites for hydroxylation is 1. The third kappa shape index (κ3) is 4.31. The molecule has 106 valence electrons. The Hall–Kier alpha value is -1.94. The zero-order valence-corrected chi connectivity index (χ0v) is 12.0. The van der Waals surface area contributed by atoms with Crippen LogP contribution in [0.3, 0.4) is 0 Å². The van der Waals surface area contributed by atoms with Gasteiger partial charge in [0.1, 0.15) is 5.76 Å². The Balaban J connectivity index is 1.78. The Kier molecular flexibility index (Phi) is 5.07. The molecule has 1 atom stereocenters. The lowest BCUT2D eigenvalue weighted by Crippen LogP contribution is -2.36. The molecule has 0 bridgehead atoms. The molecule has 0 spiro atoms. The summed E-state index contributed by atoms with van der Waals surface area (Å²) in [7, 11) is 0. The van der Waals surface area contributed by atoms with Crippen molar-refractivity contribution in [2.45, 2.75) is 25.8 Å². The summed E-state index contributed by atoms with van der Waals surface area (Å²) in [5.41, 5.74) is 0.602. The molecule has 0 saturated carbocycles. The minimum atomic E-state index is -0.259. The lowest BCUT2D eigenvalue weighted by Gasteiger charge is -2.14. The van der Waals surface area contributed by atoms with E-state index in [4.69, 9.17) is 16.0 Å². The number of hydrogen-bond donors (Lipinski definition) is 2. The molecule has 2 N–H and O–H groups in total. The van der Waals surface area contributed by atoms with Crippen molar-refractivity contribution in [3.05, 3.63) is 53.4 Å². The Morgan fingerprint density at radius 2 is 2.10 bits per heavy atom. The molecule has 20 heavy (non-hydrogen) atoms. The normalized spacial score (nSPS) is 11.9. The number of urea groups is 1. The predicted octanol–water partition coefficient (Wildman–Crippen LogP) is 4.08. The van der Waals surface area contributed by atoms with Crippen molar-refractivity contribution in [1.29, 1.82) is 0 Å². The second-order valence-electron chi connectivity index (χ2n) is 4.60. The van der Waals surface area contributed by atoms with Crippen LogP contribution in [0.2, 0.25) is 5.02 Å². The molecule has 2 amide bonds. The number of carbonyl (C=O) groups is 1. The zero-order valence-electron chi connectivity index (χ0n) is 11.2. The molecular weight excluding hydrogens is 276 g/mol. The van der Waals surface area contributed by atoms with E-state index in [0.29, 0.717) is 10.7 Å². The number of nitrogens with one attached hydrogen (secondary N) is 2. The van der Waals surface area contributed by atoms with Crippen LogP contribution in [-0.4, -0.2) is 12.1 Å². The number of para-hydroxylation sites is 1. The number of halogens is 1. The molecule has 1 aromatic heterocycles. The van der Waals surface area contributed by atoms with E-state index < -0.39 is 0 Å². The highest BCUT2D eigenvalue weighted by molar-refractivity contribution is 6.33. The Morgan fingerprint density at radius 1 is 1.30 bits per heavy atom. The van der Waals surface area contributed by atoms with Crippen molar-refractivity contribution in [2.75, 3.05) is 5.32 Å². The van der Waals surface area contributed by atoms with Gasteiger partial charge in [-0.15, -0.1) is 0 Å². The molecule has 5 heteroatoms. The minimum absolute atomic E-state index is 0.0441. The third-order valence-electron chi connectivity index (χ3n) is 2.90. The Labute approximate surface area is 123 Å². The van der Waals surface area contributed by atoms with Gasteiger partial charge in [-0.2, -0.15) is 0 Å². The summed E-state index contributed by atoms with van der Waals surface area (Å²) in [4.78, 5) is 11.8. The van der Waals surface area contributed by atoms with Crippen LogP contribution in [0, 0.1) is 0 Å². The van der Waals surface area contributed by atoms with Crippen molar-refractivity contribution in [1.82, 2.24) is 5.32 Å². The molecule has 1 heterocycles. The number of rotatable bonds is 5. The van der Waals surface area contributed by atoms with Crippen LogP contribution >= 0.6 is 11.6 Å². The topological polar surface area (TPSA) is 54.3 Å². The van der Waals surface area contributed by atoms with E-state index in [9.17, 15) is 4.79 Å². The molecule has 0 aliphatic rings. The zero-order chi connectivity index (χ0) is 14.4. The highest BCUT2D eigenvalue weighted by Crippen LogP contribution is 2.20. The lowest BCUT2D eigenvalue weighted by molar-refractivity contribution is 0.248. The van der Waals surface area contributed by atoms with Gasteiger partial charge in [-0.3, -0.25) is 0 Å². The minimum Gasteiger partial charge on any atom is -0.469 e. The molecule has 0 radical (unpaired) electrons. The van der Waals surface area contributed by atoms with Gasteiger partial charge in [0.15, 0.2) is 0 Å². The number of amides is 2. The fraction of sp³-hybridized carbons (Fsp3) is 0.267. The maximum Gasteiger partial charge on any atom is 0.319 e. The number of furan rings is 1. The van der Waals surface area contributed by atoms with Crippen LogP contribution < -0.4 is 10.6 Å². The lowest BCUT2D eigenvalue weighted by atomic mass is 10.1. The first-order chi connectivity index (χ1) is 9.65. The number of hydrogen-bond acceptors (Lipinski definition) is 2. The van der Waals surface area contributed by atoms with Gasteiger partial charge >= 0.3 is 6.03 Å². The molecule has 0 aliphatic heterocycles. The average Bonchev–Trinajstić information content (AvgIpc) is 2.92. The molecule has 2 rings (SSSR count). The van der Waals surface area contributed by atoms with Gasteiger partial charge < -0.3 is 15.1 Å². The van der Waals surface area contributed by atoms with Crippen molar-refractivity contribution >= 4 is 23.3 Å². The van der Waals surface area contributed by atoms with Gasteiger partial charge in [0.05, 0.1) is 17.0 Å². The summed E-state index contributed by atoms with van der Waals surface area (Å²) < 4.78 is 5.25. The van der Waals surface area contributed by atoms with Crippen LogP contribution in [0.25, 0.3) is 0 Å².